The van der Waals surface area contributed by atoms with Crippen LogP contribution in [0, 0.1) is 0 Å². The van der Waals surface area contributed by atoms with Gasteiger partial charge in [-0.15, -0.1) is 0 Å². The minimum Gasteiger partial charge on any atom is -0.465 e. The van der Waals surface area contributed by atoms with Crippen LogP contribution in [0.25, 0.3) is 0 Å². The third kappa shape index (κ3) is 3.03. The number of rotatable bonds is 5. The number of amides is 1. The van der Waals surface area contributed by atoms with E-state index >= 15 is 0 Å². The average Bonchev–Trinajstić information content (AvgIpc) is 2.98. The Hall–Kier alpha value is -2.57. The van der Waals surface area contributed by atoms with Gasteiger partial charge in [0, 0.05) is 13.0 Å². The second-order valence-corrected chi connectivity index (χ2v) is 4.79. The summed E-state index contributed by atoms with van der Waals surface area (Å²) >= 11 is 0. The molecule has 0 spiro atoms. The number of carbonyl (C=O) groups excluding carboxylic acids is 3. The van der Waals surface area contributed by atoms with Crippen molar-refractivity contribution in [2.24, 2.45) is 0 Å². The lowest BCUT2D eigenvalue weighted by Gasteiger charge is -2.32. The summed E-state index contributed by atoms with van der Waals surface area (Å²) in [5.74, 6) is -0.797. The van der Waals surface area contributed by atoms with Crippen molar-refractivity contribution >= 4 is 18.5 Å². The molecule has 118 valence electrons. The van der Waals surface area contributed by atoms with Gasteiger partial charge >= 0.3 is 12.1 Å². The molecule has 1 amide bonds. The Morgan fingerprint density at radius 3 is 2.68 bits per heavy atom. The van der Waals surface area contributed by atoms with Crippen LogP contribution >= 0.6 is 0 Å². The first-order chi connectivity index (χ1) is 10.6. The highest BCUT2D eigenvalue weighted by Crippen LogP contribution is 2.32. The molecule has 1 aliphatic heterocycles. The standard InChI is InChI=1S/C15H17NO6/c1-20-13(18)15(22-11-17)8-5-9-16(15)14(19)21-10-12-6-3-2-4-7-12/h2-4,6-7,11H,5,8-10H2,1H3/t15-/m1/s1. The molecule has 0 bridgehead atoms. The molecule has 1 aliphatic rings. The summed E-state index contributed by atoms with van der Waals surface area (Å²) in [7, 11) is 1.17. The van der Waals surface area contributed by atoms with Gasteiger partial charge in [-0.3, -0.25) is 9.69 Å². The number of benzene rings is 1. The fourth-order valence-electron chi connectivity index (χ4n) is 2.45. The number of esters is 1. The summed E-state index contributed by atoms with van der Waals surface area (Å²) in [6.45, 7) is 0.449. The number of methoxy groups -OCH3 is 1. The largest absolute Gasteiger partial charge is 0.465 e. The van der Waals surface area contributed by atoms with Crippen molar-refractivity contribution in [1.29, 1.82) is 0 Å². The average molecular weight is 307 g/mol. The molecule has 0 aromatic heterocycles. The van der Waals surface area contributed by atoms with E-state index in [0.29, 0.717) is 6.42 Å². The van der Waals surface area contributed by atoms with Gasteiger partial charge in [0.1, 0.15) is 6.61 Å². The van der Waals surface area contributed by atoms with E-state index in [-0.39, 0.29) is 26.0 Å². The van der Waals surface area contributed by atoms with Crippen LogP contribution < -0.4 is 0 Å². The van der Waals surface area contributed by atoms with Gasteiger partial charge in [-0.05, 0) is 12.0 Å². The molecule has 2 rings (SSSR count). The van der Waals surface area contributed by atoms with Gasteiger partial charge < -0.3 is 14.2 Å². The van der Waals surface area contributed by atoms with Crippen LogP contribution in [0.3, 0.4) is 0 Å². The molecular weight excluding hydrogens is 290 g/mol. The number of hydrogen-bond donors (Lipinski definition) is 0. The first kappa shape index (κ1) is 15.8. The van der Waals surface area contributed by atoms with Gasteiger partial charge in [-0.2, -0.15) is 0 Å². The van der Waals surface area contributed by atoms with E-state index in [4.69, 9.17) is 9.47 Å². The highest BCUT2D eigenvalue weighted by atomic mass is 16.6. The van der Waals surface area contributed by atoms with E-state index < -0.39 is 17.8 Å². The van der Waals surface area contributed by atoms with Gasteiger partial charge in [0.25, 0.3) is 12.2 Å². The quantitative estimate of drug-likeness (QED) is 0.465. The Bertz CT molecular complexity index is 546. The van der Waals surface area contributed by atoms with Gasteiger partial charge in [0.2, 0.25) is 0 Å². The second kappa shape index (κ2) is 6.93. The van der Waals surface area contributed by atoms with Crippen LogP contribution in [0.1, 0.15) is 18.4 Å². The van der Waals surface area contributed by atoms with Crippen molar-refractivity contribution in [1.82, 2.24) is 4.90 Å². The van der Waals surface area contributed by atoms with Crippen LogP contribution in [0.4, 0.5) is 4.79 Å². The zero-order valence-corrected chi connectivity index (χ0v) is 12.2. The molecule has 0 saturated carbocycles. The van der Waals surface area contributed by atoms with Crippen molar-refractivity contribution in [3.63, 3.8) is 0 Å². The topological polar surface area (TPSA) is 82.1 Å². The zero-order valence-electron chi connectivity index (χ0n) is 12.2. The summed E-state index contributed by atoms with van der Waals surface area (Å²) < 4.78 is 14.8. The van der Waals surface area contributed by atoms with Crippen molar-refractivity contribution in [2.45, 2.75) is 25.2 Å². The Morgan fingerprint density at radius 1 is 1.32 bits per heavy atom. The summed E-state index contributed by atoms with van der Waals surface area (Å²) in [4.78, 5) is 36.0. The predicted molar refractivity (Wildman–Crippen MR) is 74.5 cm³/mol. The van der Waals surface area contributed by atoms with Crippen molar-refractivity contribution in [3.05, 3.63) is 35.9 Å². The number of nitrogens with zero attached hydrogens (tertiary/aromatic N) is 1. The van der Waals surface area contributed by atoms with Crippen LogP contribution in [0.2, 0.25) is 0 Å². The summed E-state index contributed by atoms with van der Waals surface area (Å²) in [6.07, 6.45) is -0.0454. The van der Waals surface area contributed by atoms with Gasteiger partial charge in [0.15, 0.2) is 0 Å². The summed E-state index contributed by atoms with van der Waals surface area (Å²) in [6, 6.07) is 9.13. The fourth-order valence-corrected chi connectivity index (χ4v) is 2.45. The van der Waals surface area contributed by atoms with E-state index in [1.807, 2.05) is 30.3 Å². The molecule has 1 aromatic rings. The highest BCUT2D eigenvalue weighted by molar-refractivity contribution is 5.85. The minimum atomic E-state index is -1.73. The number of ether oxygens (including phenoxy) is 3. The summed E-state index contributed by atoms with van der Waals surface area (Å²) in [5.41, 5.74) is -0.917. The smallest absolute Gasteiger partial charge is 0.413 e. The maximum absolute atomic E-state index is 12.2. The van der Waals surface area contributed by atoms with Crippen LogP contribution in [-0.2, 0) is 30.4 Å². The molecule has 1 fully saturated rings. The van der Waals surface area contributed by atoms with Crippen LogP contribution in [-0.4, -0.2) is 42.8 Å². The molecule has 0 aliphatic carbocycles. The predicted octanol–water partition coefficient (Wildman–Crippen LogP) is 1.46. The maximum Gasteiger partial charge on any atom is 0.413 e. The molecule has 7 heteroatoms. The van der Waals surface area contributed by atoms with E-state index in [9.17, 15) is 14.4 Å². The molecule has 1 saturated heterocycles. The third-order valence-corrected chi connectivity index (χ3v) is 3.51. The van der Waals surface area contributed by atoms with Crippen molar-refractivity contribution in [2.75, 3.05) is 13.7 Å². The maximum atomic E-state index is 12.2. The fraction of sp³-hybridized carbons (Fsp3) is 0.400. The van der Waals surface area contributed by atoms with E-state index in [0.717, 1.165) is 10.5 Å². The van der Waals surface area contributed by atoms with Gasteiger partial charge in [-0.1, -0.05) is 30.3 Å². The van der Waals surface area contributed by atoms with Crippen molar-refractivity contribution in [3.8, 4) is 0 Å². The minimum absolute atomic E-state index is 0.0640. The molecule has 0 N–H and O–H groups in total. The Morgan fingerprint density at radius 2 is 2.05 bits per heavy atom. The Labute approximate surface area is 127 Å². The number of hydrogen-bond acceptors (Lipinski definition) is 6. The van der Waals surface area contributed by atoms with Crippen LogP contribution in [0.15, 0.2) is 30.3 Å². The molecule has 7 nitrogen and oxygen atoms in total. The van der Waals surface area contributed by atoms with E-state index in [1.54, 1.807) is 0 Å². The molecule has 22 heavy (non-hydrogen) atoms. The SMILES string of the molecule is COC(=O)[C@]1(OC=O)CCCN1C(=O)OCc1ccccc1. The second-order valence-electron chi connectivity index (χ2n) is 4.79. The monoisotopic (exact) mass is 307 g/mol. The lowest BCUT2D eigenvalue weighted by molar-refractivity contribution is -0.189. The normalized spacial score (nSPS) is 20.3. The highest BCUT2D eigenvalue weighted by Gasteiger charge is 2.54. The molecule has 1 heterocycles. The molecule has 1 aromatic carbocycles. The van der Waals surface area contributed by atoms with Gasteiger partial charge in [-0.25, -0.2) is 9.59 Å². The zero-order chi connectivity index (χ0) is 16.0. The molecule has 0 unspecified atom stereocenters. The number of likely N-dealkylation sites (tertiary alicyclic amines) is 1. The first-order valence-corrected chi connectivity index (χ1v) is 6.82. The Balaban J connectivity index is 2.09. The molecular formula is C15H17NO6. The lowest BCUT2D eigenvalue weighted by atomic mass is 10.1. The first-order valence-electron chi connectivity index (χ1n) is 6.82. The number of carbonyl (C=O) groups is 3. The summed E-state index contributed by atoms with van der Waals surface area (Å²) in [5, 5.41) is 0. The lowest BCUT2D eigenvalue weighted by Crippen LogP contribution is -2.55. The van der Waals surface area contributed by atoms with Crippen LogP contribution in [0.5, 0.6) is 0 Å². The van der Waals surface area contributed by atoms with E-state index in [1.165, 1.54) is 7.11 Å². The molecule has 0 radical (unpaired) electrons. The van der Waals surface area contributed by atoms with E-state index in [2.05, 4.69) is 4.74 Å². The molecule has 1 atom stereocenters. The Kier molecular flexibility index (Phi) is 4.98. The van der Waals surface area contributed by atoms with Gasteiger partial charge in [0.05, 0.1) is 7.11 Å². The van der Waals surface area contributed by atoms with Crippen molar-refractivity contribution < 1.29 is 28.6 Å². The third-order valence-electron chi connectivity index (χ3n) is 3.51.